The van der Waals surface area contributed by atoms with Crippen LogP contribution in [0.5, 0.6) is 11.5 Å². The Labute approximate surface area is 193 Å². The van der Waals surface area contributed by atoms with Gasteiger partial charge in [-0.05, 0) is 65.6 Å². The Balaban J connectivity index is 1.50. The molecule has 1 N–H and O–H groups in total. The molecule has 0 spiro atoms. The number of methoxy groups -OCH3 is 2. The number of hydrazone groups is 1. The van der Waals surface area contributed by atoms with Gasteiger partial charge in [0.1, 0.15) is 11.5 Å². The zero-order valence-corrected chi connectivity index (χ0v) is 20.2. The van der Waals surface area contributed by atoms with Crippen molar-refractivity contribution in [2.24, 2.45) is 11.0 Å². The Kier molecular flexibility index (Phi) is 8.30. The number of piperidine rings is 1. The number of rotatable bonds is 7. The van der Waals surface area contributed by atoms with E-state index in [-0.39, 0.29) is 11.8 Å². The Hall–Kier alpha value is -1.90. The fourth-order valence-electron chi connectivity index (χ4n) is 3.44. The smallest absolute Gasteiger partial charge is 0.243 e. The molecule has 1 saturated heterocycles. The first-order chi connectivity index (χ1) is 14.5. The Morgan fingerprint density at radius 1 is 1.13 bits per heavy atom. The standard InChI is InChI=1S/C22H25Br2N3O3/c1-29-20-12-21(30-2)19(24)11-17(20)13-25-26-22(28)16-7-9-27(10-8-16)14-15-3-5-18(23)6-4-15/h3-6,11-13,16H,7-10,14H2,1-2H3,(H,26,28)/b25-13-. The molecule has 2 aromatic carbocycles. The van der Waals surface area contributed by atoms with Gasteiger partial charge in [-0.2, -0.15) is 5.10 Å². The quantitative estimate of drug-likeness (QED) is 0.413. The number of hydrogen-bond donors (Lipinski definition) is 1. The van der Waals surface area contributed by atoms with Gasteiger partial charge in [0.2, 0.25) is 5.91 Å². The predicted molar refractivity (Wildman–Crippen MR) is 125 cm³/mol. The molecular formula is C22H25Br2N3O3. The van der Waals surface area contributed by atoms with Crippen LogP contribution in [-0.2, 0) is 11.3 Å². The molecule has 6 nitrogen and oxygen atoms in total. The van der Waals surface area contributed by atoms with Crippen molar-refractivity contribution in [2.75, 3.05) is 27.3 Å². The Morgan fingerprint density at radius 2 is 1.80 bits per heavy atom. The number of carbonyl (C=O) groups is 1. The fraction of sp³-hybridized carbons (Fsp3) is 0.364. The van der Waals surface area contributed by atoms with Crippen molar-refractivity contribution in [1.82, 2.24) is 10.3 Å². The molecule has 0 aromatic heterocycles. The second kappa shape index (κ2) is 10.9. The molecule has 160 valence electrons. The highest BCUT2D eigenvalue weighted by Gasteiger charge is 2.24. The van der Waals surface area contributed by atoms with Gasteiger partial charge in [-0.3, -0.25) is 9.69 Å². The molecule has 0 bridgehead atoms. The monoisotopic (exact) mass is 537 g/mol. The van der Waals surface area contributed by atoms with Crippen LogP contribution in [0.3, 0.4) is 0 Å². The van der Waals surface area contributed by atoms with Crippen LogP contribution in [0.4, 0.5) is 0 Å². The van der Waals surface area contributed by atoms with Crippen LogP contribution in [0, 0.1) is 5.92 Å². The lowest BCUT2D eigenvalue weighted by Gasteiger charge is -2.30. The normalized spacial score (nSPS) is 15.3. The maximum Gasteiger partial charge on any atom is 0.243 e. The van der Waals surface area contributed by atoms with Crippen molar-refractivity contribution in [3.8, 4) is 11.5 Å². The first kappa shape index (κ1) is 22.8. The number of carbonyl (C=O) groups excluding carboxylic acids is 1. The van der Waals surface area contributed by atoms with E-state index < -0.39 is 0 Å². The lowest BCUT2D eigenvalue weighted by Crippen LogP contribution is -2.39. The van der Waals surface area contributed by atoms with E-state index in [0.717, 1.165) is 47.0 Å². The minimum atomic E-state index is -0.0407. The summed E-state index contributed by atoms with van der Waals surface area (Å²) in [5.41, 5.74) is 4.70. The van der Waals surface area contributed by atoms with Crippen LogP contribution in [0.15, 0.2) is 50.4 Å². The van der Waals surface area contributed by atoms with E-state index in [1.165, 1.54) is 5.56 Å². The third-order valence-electron chi connectivity index (χ3n) is 5.16. The van der Waals surface area contributed by atoms with Gasteiger partial charge in [0.05, 0.1) is 24.9 Å². The summed E-state index contributed by atoms with van der Waals surface area (Å²) in [7, 11) is 3.18. The molecule has 0 atom stereocenters. The van der Waals surface area contributed by atoms with Gasteiger partial charge in [0, 0.05) is 28.6 Å². The number of nitrogens with zero attached hydrogens (tertiary/aromatic N) is 2. The molecule has 0 aliphatic carbocycles. The SMILES string of the molecule is COc1cc(OC)c(/C=N\NC(=O)C2CCN(Cc3ccc(Br)cc3)CC2)cc1Br. The highest BCUT2D eigenvalue weighted by molar-refractivity contribution is 9.10. The minimum absolute atomic E-state index is 0.0205. The number of likely N-dealkylation sites (tertiary alicyclic amines) is 1. The second-order valence-electron chi connectivity index (χ2n) is 7.14. The van der Waals surface area contributed by atoms with Gasteiger partial charge in [0.15, 0.2) is 0 Å². The van der Waals surface area contributed by atoms with Crippen LogP contribution < -0.4 is 14.9 Å². The van der Waals surface area contributed by atoms with Crippen LogP contribution in [-0.4, -0.2) is 44.3 Å². The summed E-state index contributed by atoms with van der Waals surface area (Å²) in [5, 5.41) is 4.13. The average Bonchev–Trinajstić information content (AvgIpc) is 2.76. The van der Waals surface area contributed by atoms with E-state index in [4.69, 9.17) is 9.47 Å². The maximum absolute atomic E-state index is 12.5. The molecule has 1 aliphatic rings. The molecule has 2 aromatic rings. The van der Waals surface area contributed by atoms with Gasteiger partial charge >= 0.3 is 0 Å². The topological polar surface area (TPSA) is 63.2 Å². The molecule has 0 saturated carbocycles. The van der Waals surface area contributed by atoms with Crippen molar-refractivity contribution in [1.29, 1.82) is 0 Å². The number of ether oxygens (including phenoxy) is 2. The highest BCUT2D eigenvalue weighted by atomic mass is 79.9. The third-order valence-corrected chi connectivity index (χ3v) is 6.31. The number of halogens is 2. The molecule has 1 fully saturated rings. The lowest BCUT2D eigenvalue weighted by atomic mass is 9.96. The van der Waals surface area contributed by atoms with Gasteiger partial charge in [-0.15, -0.1) is 0 Å². The van der Waals surface area contributed by atoms with E-state index in [2.05, 4.69) is 71.6 Å². The molecule has 1 amide bonds. The van der Waals surface area contributed by atoms with Crippen LogP contribution in [0.2, 0.25) is 0 Å². The van der Waals surface area contributed by atoms with Gasteiger partial charge in [-0.25, -0.2) is 5.43 Å². The summed E-state index contributed by atoms with van der Waals surface area (Å²) in [6, 6.07) is 12.0. The van der Waals surface area contributed by atoms with Crippen LogP contribution in [0.1, 0.15) is 24.0 Å². The average molecular weight is 539 g/mol. The Bertz CT molecular complexity index is 895. The number of hydrogen-bond acceptors (Lipinski definition) is 5. The molecule has 0 radical (unpaired) electrons. The molecule has 1 aliphatic heterocycles. The molecule has 0 unspecified atom stereocenters. The highest BCUT2D eigenvalue weighted by Crippen LogP contribution is 2.32. The molecule has 3 rings (SSSR count). The van der Waals surface area contributed by atoms with Crippen molar-refractivity contribution < 1.29 is 14.3 Å². The lowest BCUT2D eigenvalue weighted by molar-refractivity contribution is -0.126. The summed E-state index contributed by atoms with van der Waals surface area (Å²) >= 11 is 6.91. The van der Waals surface area contributed by atoms with Crippen molar-refractivity contribution in [3.05, 3.63) is 56.5 Å². The van der Waals surface area contributed by atoms with E-state index in [1.807, 2.05) is 6.07 Å². The first-order valence-electron chi connectivity index (χ1n) is 9.71. The largest absolute Gasteiger partial charge is 0.496 e. The minimum Gasteiger partial charge on any atom is -0.496 e. The van der Waals surface area contributed by atoms with E-state index in [9.17, 15) is 4.79 Å². The zero-order chi connectivity index (χ0) is 21.5. The molecule has 8 heteroatoms. The Morgan fingerprint density at radius 3 is 2.43 bits per heavy atom. The van der Waals surface area contributed by atoms with Crippen LogP contribution >= 0.6 is 31.9 Å². The predicted octanol–water partition coefficient (Wildman–Crippen LogP) is 4.59. The second-order valence-corrected chi connectivity index (χ2v) is 8.91. The fourth-order valence-corrected chi connectivity index (χ4v) is 4.23. The number of benzene rings is 2. The van der Waals surface area contributed by atoms with Crippen molar-refractivity contribution >= 4 is 44.0 Å². The van der Waals surface area contributed by atoms with E-state index in [1.54, 1.807) is 26.5 Å². The summed E-state index contributed by atoms with van der Waals surface area (Å²) in [4.78, 5) is 14.9. The zero-order valence-electron chi connectivity index (χ0n) is 17.0. The summed E-state index contributed by atoms with van der Waals surface area (Å²) < 4.78 is 12.5. The first-order valence-corrected chi connectivity index (χ1v) is 11.3. The van der Waals surface area contributed by atoms with Crippen molar-refractivity contribution in [3.63, 3.8) is 0 Å². The van der Waals surface area contributed by atoms with Crippen LogP contribution in [0.25, 0.3) is 0 Å². The molecule has 30 heavy (non-hydrogen) atoms. The molecule has 1 heterocycles. The summed E-state index contributed by atoms with van der Waals surface area (Å²) in [6.45, 7) is 2.71. The van der Waals surface area contributed by atoms with Gasteiger partial charge in [-0.1, -0.05) is 28.1 Å². The van der Waals surface area contributed by atoms with E-state index >= 15 is 0 Å². The van der Waals surface area contributed by atoms with E-state index in [0.29, 0.717) is 11.5 Å². The summed E-state index contributed by atoms with van der Waals surface area (Å²) in [6.07, 6.45) is 3.24. The number of amides is 1. The third kappa shape index (κ3) is 6.06. The summed E-state index contributed by atoms with van der Waals surface area (Å²) in [5.74, 6) is 1.23. The van der Waals surface area contributed by atoms with Gasteiger partial charge in [0.25, 0.3) is 0 Å². The van der Waals surface area contributed by atoms with Crippen molar-refractivity contribution in [2.45, 2.75) is 19.4 Å². The number of nitrogens with one attached hydrogen (secondary N) is 1. The molecular weight excluding hydrogens is 514 g/mol. The maximum atomic E-state index is 12.5. The van der Waals surface area contributed by atoms with Gasteiger partial charge < -0.3 is 9.47 Å².